The molecule has 2 rings (SSSR count). The van der Waals surface area contributed by atoms with Crippen molar-refractivity contribution in [1.82, 2.24) is 9.80 Å². The van der Waals surface area contributed by atoms with Crippen LogP contribution >= 0.6 is 11.6 Å². The fraction of sp³-hybridized carbons (Fsp3) is 0.500. The SMILES string of the molecule is CN1CCN(C)C(c2cccc(Cl)c2)C1. The van der Waals surface area contributed by atoms with Gasteiger partial charge in [0.25, 0.3) is 0 Å². The summed E-state index contributed by atoms with van der Waals surface area (Å²) in [7, 11) is 4.35. The fourth-order valence-corrected chi connectivity index (χ4v) is 2.28. The van der Waals surface area contributed by atoms with Crippen LogP contribution in [-0.4, -0.2) is 43.5 Å². The second-order valence-corrected chi connectivity index (χ2v) is 4.75. The van der Waals surface area contributed by atoms with Gasteiger partial charge < -0.3 is 4.90 Å². The van der Waals surface area contributed by atoms with Crippen LogP contribution in [0, 0.1) is 0 Å². The molecule has 1 aromatic carbocycles. The molecule has 0 N–H and O–H groups in total. The zero-order valence-corrected chi connectivity index (χ0v) is 10.0. The number of nitrogens with zero attached hydrogens (tertiary/aromatic N) is 2. The molecule has 1 aromatic rings. The van der Waals surface area contributed by atoms with Gasteiger partial charge in [0.15, 0.2) is 0 Å². The Kier molecular flexibility index (Phi) is 3.29. The van der Waals surface area contributed by atoms with Crippen molar-refractivity contribution >= 4 is 11.6 Å². The van der Waals surface area contributed by atoms with Crippen LogP contribution in [0.1, 0.15) is 11.6 Å². The molecule has 2 nitrogen and oxygen atoms in total. The van der Waals surface area contributed by atoms with Crippen molar-refractivity contribution in [2.24, 2.45) is 0 Å². The highest BCUT2D eigenvalue weighted by molar-refractivity contribution is 6.30. The van der Waals surface area contributed by atoms with E-state index in [9.17, 15) is 0 Å². The number of piperazine rings is 1. The van der Waals surface area contributed by atoms with Crippen molar-refractivity contribution in [1.29, 1.82) is 0 Å². The van der Waals surface area contributed by atoms with Gasteiger partial charge in [0.05, 0.1) is 0 Å². The van der Waals surface area contributed by atoms with Gasteiger partial charge in [-0.25, -0.2) is 0 Å². The average Bonchev–Trinajstić information content (AvgIpc) is 2.22. The first-order valence-corrected chi connectivity index (χ1v) is 5.69. The summed E-state index contributed by atoms with van der Waals surface area (Å²) in [5.74, 6) is 0. The Morgan fingerprint density at radius 1 is 1.27 bits per heavy atom. The number of likely N-dealkylation sites (N-methyl/N-ethyl adjacent to an activating group) is 2. The number of halogens is 1. The summed E-state index contributed by atoms with van der Waals surface area (Å²) in [5, 5.41) is 0.828. The van der Waals surface area contributed by atoms with Crippen LogP contribution < -0.4 is 0 Å². The molecule has 0 saturated carbocycles. The van der Waals surface area contributed by atoms with Crippen molar-refractivity contribution < 1.29 is 0 Å². The van der Waals surface area contributed by atoms with Gasteiger partial charge >= 0.3 is 0 Å². The minimum absolute atomic E-state index is 0.474. The summed E-state index contributed by atoms with van der Waals surface area (Å²) in [6, 6.07) is 8.66. The third-order valence-corrected chi connectivity index (χ3v) is 3.32. The molecule has 0 amide bonds. The summed E-state index contributed by atoms with van der Waals surface area (Å²) >= 11 is 6.02. The first-order valence-electron chi connectivity index (χ1n) is 5.31. The van der Waals surface area contributed by atoms with E-state index in [0.717, 1.165) is 24.7 Å². The maximum atomic E-state index is 6.02. The average molecular weight is 225 g/mol. The Morgan fingerprint density at radius 3 is 2.80 bits per heavy atom. The van der Waals surface area contributed by atoms with Crippen molar-refractivity contribution in [2.75, 3.05) is 33.7 Å². The van der Waals surface area contributed by atoms with E-state index in [1.165, 1.54) is 5.56 Å². The maximum Gasteiger partial charge on any atom is 0.0473 e. The smallest absolute Gasteiger partial charge is 0.0473 e. The van der Waals surface area contributed by atoms with Gasteiger partial charge in [0, 0.05) is 30.7 Å². The van der Waals surface area contributed by atoms with E-state index in [4.69, 9.17) is 11.6 Å². The van der Waals surface area contributed by atoms with Crippen molar-refractivity contribution in [3.05, 3.63) is 34.9 Å². The van der Waals surface area contributed by atoms with Gasteiger partial charge in [-0.1, -0.05) is 23.7 Å². The third-order valence-electron chi connectivity index (χ3n) is 3.08. The van der Waals surface area contributed by atoms with Crippen LogP contribution in [0.3, 0.4) is 0 Å². The zero-order valence-electron chi connectivity index (χ0n) is 9.28. The monoisotopic (exact) mass is 224 g/mol. The van der Waals surface area contributed by atoms with Crippen molar-refractivity contribution in [2.45, 2.75) is 6.04 Å². The number of hydrogen-bond donors (Lipinski definition) is 0. The van der Waals surface area contributed by atoms with Gasteiger partial charge in [-0.3, -0.25) is 4.90 Å². The zero-order chi connectivity index (χ0) is 10.8. The lowest BCUT2D eigenvalue weighted by Gasteiger charge is -2.38. The van der Waals surface area contributed by atoms with Crippen LogP contribution in [0.25, 0.3) is 0 Å². The van der Waals surface area contributed by atoms with Crippen molar-refractivity contribution in [3.63, 3.8) is 0 Å². The highest BCUT2D eigenvalue weighted by Crippen LogP contribution is 2.25. The van der Waals surface area contributed by atoms with E-state index in [1.807, 2.05) is 12.1 Å². The molecular formula is C12H17ClN2. The Bertz CT molecular complexity index is 340. The van der Waals surface area contributed by atoms with Crippen LogP contribution in [0.4, 0.5) is 0 Å². The predicted octanol–water partition coefficient (Wildman–Crippen LogP) is 2.26. The molecule has 1 aliphatic rings. The number of hydrogen-bond acceptors (Lipinski definition) is 2. The second kappa shape index (κ2) is 4.52. The van der Waals surface area contributed by atoms with Gasteiger partial charge in [-0.15, -0.1) is 0 Å². The molecular weight excluding hydrogens is 208 g/mol. The molecule has 82 valence electrons. The van der Waals surface area contributed by atoms with E-state index in [0.29, 0.717) is 6.04 Å². The van der Waals surface area contributed by atoms with E-state index in [1.54, 1.807) is 0 Å². The molecule has 0 aliphatic carbocycles. The fourth-order valence-electron chi connectivity index (χ4n) is 2.08. The molecule has 1 heterocycles. The standard InChI is InChI=1S/C12H17ClN2/c1-14-6-7-15(2)12(9-14)10-4-3-5-11(13)8-10/h3-5,8,12H,6-7,9H2,1-2H3. The Hall–Kier alpha value is -0.570. The Morgan fingerprint density at radius 2 is 2.07 bits per heavy atom. The summed E-state index contributed by atoms with van der Waals surface area (Å²) in [5.41, 5.74) is 1.32. The highest BCUT2D eigenvalue weighted by Gasteiger charge is 2.23. The molecule has 3 heteroatoms. The summed E-state index contributed by atoms with van der Waals surface area (Å²) in [4.78, 5) is 4.76. The minimum Gasteiger partial charge on any atom is -0.303 e. The number of rotatable bonds is 1. The normalized spacial score (nSPS) is 24.3. The highest BCUT2D eigenvalue weighted by atomic mass is 35.5. The topological polar surface area (TPSA) is 6.48 Å². The van der Waals surface area contributed by atoms with E-state index >= 15 is 0 Å². The van der Waals surface area contributed by atoms with E-state index in [2.05, 4.69) is 36.0 Å². The lowest BCUT2D eigenvalue weighted by Crippen LogP contribution is -2.44. The minimum atomic E-state index is 0.474. The van der Waals surface area contributed by atoms with Crippen LogP contribution in [0.2, 0.25) is 5.02 Å². The lowest BCUT2D eigenvalue weighted by atomic mass is 10.0. The molecule has 1 atom stereocenters. The van der Waals surface area contributed by atoms with Gasteiger partial charge in [-0.2, -0.15) is 0 Å². The quantitative estimate of drug-likeness (QED) is 0.722. The van der Waals surface area contributed by atoms with Crippen molar-refractivity contribution in [3.8, 4) is 0 Å². The largest absolute Gasteiger partial charge is 0.303 e. The third kappa shape index (κ3) is 2.51. The van der Waals surface area contributed by atoms with E-state index < -0.39 is 0 Å². The van der Waals surface area contributed by atoms with Crippen LogP contribution in [0.5, 0.6) is 0 Å². The molecule has 0 spiro atoms. The number of benzene rings is 1. The second-order valence-electron chi connectivity index (χ2n) is 4.31. The summed E-state index contributed by atoms with van der Waals surface area (Å²) < 4.78 is 0. The molecule has 1 unspecified atom stereocenters. The summed E-state index contributed by atoms with van der Waals surface area (Å²) in [6.45, 7) is 3.35. The van der Waals surface area contributed by atoms with Crippen LogP contribution in [-0.2, 0) is 0 Å². The van der Waals surface area contributed by atoms with Gasteiger partial charge in [0.1, 0.15) is 0 Å². The summed E-state index contributed by atoms with van der Waals surface area (Å²) in [6.07, 6.45) is 0. The van der Waals surface area contributed by atoms with Crippen LogP contribution in [0.15, 0.2) is 24.3 Å². The Balaban J connectivity index is 2.21. The van der Waals surface area contributed by atoms with Gasteiger partial charge in [-0.05, 0) is 31.8 Å². The molecule has 1 aliphatic heterocycles. The first kappa shape index (κ1) is 10.9. The molecule has 15 heavy (non-hydrogen) atoms. The molecule has 1 saturated heterocycles. The first-order chi connectivity index (χ1) is 7.16. The van der Waals surface area contributed by atoms with Gasteiger partial charge in [0.2, 0.25) is 0 Å². The Labute approximate surface area is 96.4 Å². The lowest BCUT2D eigenvalue weighted by molar-refractivity contribution is 0.115. The maximum absolute atomic E-state index is 6.02. The molecule has 0 bridgehead atoms. The molecule has 1 fully saturated rings. The predicted molar refractivity (Wildman–Crippen MR) is 64.3 cm³/mol. The molecule has 0 aromatic heterocycles. The van der Waals surface area contributed by atoms with E-state index in [-0.39, 0.29) is 0 Å². The molecule has 0 radical (unpaired) electrons.